The van der Waals surface area contributed by atoms with E-state index in [0.29, 0.717) is 36.0 Å². The molecule has 35 heavy (non-hydrogen) atoms. The van der Waals surface area contributed by atoms with Crippen LogP contribution >= 0.6 is 0 Å². The number of nitrogens with one attached hydrogen (secondary N) is 1. The maximum absolute atomic E-state index is 14.0. The van der Waals surface area contributed by atoms with E-state index in [2.05, 4.69) is 5.32 Å². The van der Waals surface area contributed by atoms with Gasteiger partial charge in [0.05, 0.1) is 11.4 Å². The molecule has 1 aliphatic heterocycles. The lowest BCUT2D eigenvalue weighted by Crippen LogP contribution is -2.15. The van der Waals surface area contributed by atoms with Gasteiger partial charge in [0, 0.05) is 17.3 Å². The van der Waals surface area contributed by atoms with Gasteiger partial charge in [-0.3, -0.25) is 4.79 Å². The molecule has 8 heteroatoms. The average Bonchev–Trinajstić information content (AvgIpc) is 3.32. The summed E-state index contributed by atoms with van der Waals surface area (Å²) in [5.74, 6) is -0.0810. The number of hydrogen-bond donors (Lipinski definition) is 1. The molecule has 0 saturated carbocycles. The minimum absolute atomic E-state index is 0.00862. The first-order valence-corrected chi connectivity index (χ1v) is 10.8. The average molecular weight is 466 g/mol. The van der Waals surface area contributed by atoms with Crippen molar-refractivity contribution in [2.75, 3.05) is 18.5 Å². The van der Waals surface area contributed by atoms with E-state index in [1.807, 2.05) is 48.5 Å². The number of rotatable bonds is 5. The molecule has 0 atom stereocenters. The zero-order chi connectivity index (χ0) is 24.2. The van der Waals surface area contributed by atoms with Crippen LogP contribution in [0.2, 0.25) is 0 Å². The van der Waals surface area contributed by atoms with Gasteiger partial charge in [-0.25, -0.2) is 9.07 Å². The Morgan fingerprint density at radius 1 is 1.03 bits per heavy atom. The summed E-state index contributed by atoms with van der Waals surface area (Å²) in [5.41, 5.74) is 2.40. The zero-order valence-electron chi connectivity index (χ0n) is 18.4. The maximum Gasteiger partial charge on any atom is 0.266 e. The van der Waals surface area contributed by atoms with Gasteiger partial charge < -0.3 is 14.8 Å². The molecule has 0 fully saturated rings. The fourth-order valence-corrected chi connectivity index (χ4v) is 3.68. The smallest absolute Gasteiger partial charge is 0.266 e. The Bertz CT molecular complexity index is 1470. The van der Waals surface area contributed by atoms with Crippen molar-refractivity contribution in [3.63, 3.8) is 0 Å². The minimum atomic E-state index is -0.724. The van der Waals surface area contributed by atoms with Crippen molar-refractivity contribution in [3.05, 3.63) is 95.9 Å². The van der Waals surface area contributed by atoms with Gasteiger partial charge in [-0.1, -0.05) is 30.3 Å². The highest BCUT2D eigenvalue weighted by atomic mass is 19.1. The summed E-state index contributed by atoms with van der Waals surface area (Å²) in [6.45, 7) is 0.919. The molecule has 1 aromatic heterocycles. The summed E-state index contributed by atoms with van der Waals surface area (Å²) >= 11 is 0. The van der Waals surface area contributed by atoms with Crippen LogP contribution in [-0.4, -0.2) is 28.9 Å². The molecular formula is C27H19FN4O3. The van der Waals surface area contributed by atoms with E-state index in [-0.39, 0.29) is 11.3 Å². The molecule has 1 N–H and O–H groups in total. The first-order chi connectivity index (χ1) is 17.1. The van der Waals surface area contributed by atoms with Gasteiger partial charge in [0.25, 0.3) is 5.91 Å². The number of benzene rings is 3. The molecule has 1 aliphatic rings. The molecule has 0 spiro atoms. The van der Waals surface area contributed by atoms with Crippen LogP contribution in [0, 0.1) is 17.1 Å². The van der Waals surface area contributed by atoms with Gasteiger partial charge in [-0.05, 0) is 48.5 Å². The molecule has 1 amide bonds. The number of para-hydroxylation sites is 2. The highest BCUT2D eigenvalue weighted by molar-refractivity contribution is 6.10. The van der Waals surface area contributed by atoms with E-state index in [1.54, 1.807) is 23.0 Å². The van der Waals surface area contributed by atoms with Crippen LogP contribution in [0.25, 0.3) is 23.0 Å². The van der Waals surface area contributed by atoms with E-state index >= 15 is 0 Å². The SMILES string of the molecule is N#CC(=Cc1cn(-c2ccccc2)nc1-c1ccc2c(c1)OCCO2)C(=O)Nc1ccccc1F. The molecule has 5 rings (SSSR count). The predicted octanol–water partition coefficient (Wildman–Crippen LogP) is 5.00. The Kier molecular flexibility index (Phi) is 5.97. The normalized spacial score (nSPS) is 12.6. The third kappa shape index (κ3) is 4.61. The van der Waals surface area contributed by atoms with Gasteiger partial charge in [-0.15, -0.1) is 0 Å². The lowest BCUT2D eigenvalue weighted by atomic mass is 10.0. The van der Waals surface area contributed by atoms with E-state index in [1.165, 1.54) is 24.3 Å². The second-order valence-corrected chi connectivity index (χ2v) is 7.68. The Labute approximate surface area is 200 Å². The lowest BCUT2D eigenvalue weighted by molar-refractivity contribution is -0.112. The highest BCUT2D eigenvalue weighted by Gasteiger charge is 2.19. The monoisotopic (exact) mass is 466 g/mol. The van der Waals surface area contributed by atoms with E-state index in [0.717, 1.165) is 11.3 Å². The Hall–Kier alpha value is -4.90. The molecule has 172 valence electrons. The van der Waals surface area contributed by atoms with E-state index in [4.69, 9.17) is 14.6 Å². The number of nitrogens with zero attached hydrogens (tertiary/aromatic N) is 3. The van der Waals surface area contributed by atoms with Crippen molar-refractivity contribution in [1.29, 1.82) is 5.26 Å². The largest absolute Gasteiger partial charge is 0.486 e. The van der Waals surface area contributed by atoms with Crippen molar-refractivity contribution < 1.29 is 18.7 Å². The molecule has 7 nitrogen and oxygen atoms in total. The third-order valence-electron chi connectivity index (χ3n) is 5.37. The maximum atomic E-state index is 14.0. The number of halogens is 1. The van der Waals surface area contributed by atoms with Crippen molar-refractivity contribution in [2.45, 2.75) is 0 Å². The van der Waals surface area contributed by atoms with Crippen molar-refractivity contribution in [1.82, 2.24) is 9.78 Å². The minimum Gasteiger partial charge on any atom is -0.486 e. The molecule has 2 heterocycles. The van der Waals surface area contributed by atoms with Crippen LogP contribution in [0.15, 0.2) is 84.6 Å². The molecule has 4 aromatic rings. The second kappa shape index (κ2) is 9.53. The summed E-state index contributed by atoms with van der Waals surface area (Å²) < 4.78 is 27.0. The zero-order valence-corrected chi connectivity index (χ0v) is 18.4. The quantitative estimate of drug-likeness (QED) is 0.330. The van der Waals surface area contributed by atoms with Crippen molar-refractivity contribution in [3.8, 4) is 34.5 Å². The van der Waals surface area contributed by atoms with Crippen LogP contribution in [0.4, 0.5) is 10.1 Å². The van der Waals surface area contributed by atoms with Crippen molar-refractivity contribution >= 4 is 17.7 Å². The van der Waals surface area contributed by atoms with Crippen LogP contribution < -0.4 is 14.8 Å². The second-order valence-electron chi connectivity index (χ2n) is 7.68. The van der Waals surface area contributed by atoms with Crippen LogP contribution in [0.5, 0.6) is 11.5 Å². The van der Waals surface area contributed by atoms with E-state index < -0.39 is 11.7 Å². The molecule has 0 unspecified atom stereocenters. The molecular weight excluding hydrogens is 447 g/mol. The van der Waals surface area contributed by atoms with Gasteiger partial charge in [-0.2, -0.15) is 10.4 Å². The number of hydrogen-bond acceptors (Lipinski definition) is 5. The first-order valence-electron chi connectivity index (χ1n) is 10.8. The predicted molar refractivity (Wildman–Crippen MR) is 129 cm³/mol. The summed E-state index contributed by atoms with van der Waals surface area (Å²) in [6.07, 6.45) is 3.17. The van der Waals surface area contributed by atoms with Gasteiger partial charge in [0.1, 0.15) is 36.4 Å². The van der Waals surface area contributed by atoms with E-state index in [9.17, 15) is 14.4 Å². The number of nitriles is 1. The number of anilines is 1. The molecule has 0 saturated heterocycles. The standard InChI is InChI=1S/C27H19FN4O3/c28-22-8-4-5-9-23(22)30-27(33)19(16-29)14-20-17-32(21-6-2-1-3-7-21)31-26(20)18-10-11-24-25(15-18)35-13-12-34-24/h1-11,14-15,17H,12-13H2,(H,30,33). The van der Waals surface area contributed by atoms with Crippen molar-refractivity contribution in [2.24, 2.45) is 0 Å². The lowest BCUT2D eigenvalue weighted by Gasteiger charge is -2.18. The molecule has 3 aromatic carbocycles. The number of aromatic nitrogens is 2. The Morgan fingerprint density at radius 3 is 2.54 bits per heavy atom. The van der Waals surface area contributed by atoms with Gasteiger partial charge in [0.15, 0.2) is 11.5 Å². The summed E-state index contributed by atoms with van der Waals surface area (Å²) in [4.78, 5) is 12.8. The molecule has 0 aliphatic carbocycles. The Balaban J connectivity index is 1.57. The van der Waals surface area contributed by atoms with Crippen LogP contribution in [0.3, 0.4) is 0 Å². The molecule has 0 radical (unpaired) electrons. The van der Waals surface area contributed by atoms with Crippen LogP contribution in [-0.2, 0) is 4.79 Å². The number of carbonyl (C=O) groups is 1. The number of fused-ring (bicyclic) bond motifs is 1. The van der Waals surface area contributed by atoms with Crippen LogP contribution in [0.1, 0.15) is 5.56 Å². The number of amides is 1. The fraction of sp³-hybridized carbons (Fsp3) is 0.0741. The Morgan fingerprint density at radius 2 is 1.77 bits per heavy atom. The van der Waals surface area contributed by atoms with Gasteiger partial charge >= 0.3 is 0 Å². The topological polar surface area (TPSA) is 89.2 Å². The molecule has 0 bridgehead atoms. The highest BCUT2D eigenvalue weighted by Crippen LogP contribution is 2.36. The summed E-state index contributed by atoms with van der Waals surface area (Å²) in [6, 6.07) is 22.6. The summed E-state index contributed by atoms with van der Waals surface area (Å²) in [7, 11) is 0. The van der Waals surface area contributed by atoms with Gasteiger partial charge in [0.2, 0.25) is 0 Å². The first kappa shape index (κ1) is 21.9. The third-order valence-corrected chi connectivity index (χ3v) is 5.37. The number of carbonyl (C=O) groups excluding carboxylic acids is 1. The summed E-state index contributed by atoms with van der Waals surface area (Å²) in [5, 5.41) is 16.9. The fourth-order valence-electron chi connectivity index (χ4n) is 3.68. The number of ether oxygens (including phenoxy) is 2.